The topological polar surface area (TPSA) is 81.7 Å². The van der Waals surface area contributed by atoms with Gasteiger partial charge in [-0.15, -0.1) is 0 Å². The third-order valence-electron chi connectivity index (χ3n) is 14.5. The zero-order valence-electron chi connectivity index (χ0n) is 28.2. The Kier molecular flexibility index (Phi) is 8.25. The van der Waals surface area contributed by atoms with E-state index in [1.54, 1.807) is 12.1 Å². The van der Waals surface area contributed by atoms with Crippen molar-refractivity contribution in [2.75, 3.05) is 27.2 Å². The Morgan fingerprint density at radius 1 is 0.909 bits per heavy atom. The number of aromatic carboxylic acids is 1. The number of fused-ring (bicyclic) bond motifs is 7. The lowest BCUT2D eigenvalue weighted by Crippen LogP contribution is -2.67. The molecule has 1 aromatic rings. The van der Waals surface area contributed by atoms with Crippen LogP contribution in [0.5, 0.6) is 0 Å². The van der Waals surface area contributed by atoms with E-state index in [1.165, 1.54) is 56.1 Å². The highest BCUT2D eigenvalue weighted by molar-refractivity contribution is 5.88. The molecule has 4 fully saturated rings. The molecule has 6 nitrogen and oxygen atoms in total. The van der Waals surface area contributed by atoms with Crippen molar-refractivity contribution in [1.29, 1.82) is 0 Å². The smallest absolute Gasteiger partial charge is 0.335 e. The third kappa shape index (κ3) is 4.93. The van der Waals surface area contributed by atoms with Crippen molar-refractivity contribution in [3.8, 4) is 0 Å². The first-order valence-corrected chi connectivity index (χ1v) is 17.6. The number of benzene rings is 1. The average molecular weight is 604 g/mol. The van der Waals surface area contributed by atoms with Crippen LogP contribution in [0.15, 0.2) is 30.3 Å². The second kappa shape index (κ2) is 11.5. The molecule has 5 aliphatic rings. The zero-order chi connectivity index (χ0) is 31.5. The molecule has 5 aliphatic carbocycles. The minimum atomic E-state index is -0.863. The molecule has 1 aromatic carbocycles. The number of hydrogen-bond donors (Lipinski definition) is 3. The number of urea groups is 1. The van der Waals surface area contributed by atoms with Crippen molar-refractivity contribution in [2.24, 2.45) is 45.8 Å². The fourth-order valence-corrected chi connectivity index (χ4v) is 12.1. The summed E-state index contributed by atoms with van der Waals surface area (Å²) < 4.78 is 0. The highest BCUT2D eigenvalue weighted by Gasteiger charge is 2.68. The van der Waals surface area contributed by atoms with Gasteiger partial charge in [-0.2, -0.15) is 0 Å². The summed E-state index contributed by atoms with van der Waals surface area (Å²) in [6.45, 7) is 12.1. The number of carboxylic acid groups (broad SMARTS) is 1. The summed E-state index contributed by atoms with van der Waals surface area (Å²) in [6.07, 6.45) is 15.7. The molecule has 0 heterocycles. The van der Waals surface area contributed by atoms with E-state index in [2.05, 4.69) is 63.4 Å². The predicted octanol–water partition coefficient (Wildman–Crippen LogP) is 7.85. The molecule has 0 saturated heterocycles. The lowest BCUT2D eigenvalue weighted by molar-refractivity contribution is -0.210. The number of amides is 2. The Bertz CT molecular complexity index is 1290. The summed E-state index contributed by atoms with van der Waals surface area (Å²) in [7, 11) is 4.16. The monoisotopic (exact) mass is 603 g/mol. The molecule has 6 heteroatoms. The van der Waals surface area contributed by atoms with Crippen LogP contribution in [0.1, 0.15) is 114 Å². The molecule has 44 heavy (non-hydrogen) atoms. The lowest BCUT2D eigenvalue weighted by atomic mass is 9.34. The molecular formula is C38H57N3O3. The van der Waals surface area contributed by atoms with Gasteiger partial charge in [0.15, 0.2) is 0 Å². The van der Waals surface area contributed by atoms with Crippen molar-refractivity contribution in [3.05, 3.63) is 41.5 Å². The highest BCUT2D eigenvalue weighted by atomic mass is 16.4. The van der Waals surface area contributed by atoms with Crippen LogP contribution in [0, 0.1) is 45.8 Å². The fraction of sp³-hybridized carbons (Fsp3) is 0.737. The molecular weight excluding hydrogens is 546 g/mol. The Morgan fingerprint density at radius 2 is 1.66 bits per heavy atom. The first-order chi connectivity index (χ1) is 20.8. The number of carboxylic acids is 1. The molecule has 2 amide bonds. The molecule has 0 aliphatic heterocycles. The van der Waals surface area contributed by atoms with E-state index in [1.807, 2.05) is 12.1 Å². The minimum Gasteiger partial charge on any atom is -0.478 e. The van der Waals surface area contributed by atoms with Crippen molar-refractivity contribution < 1.29 is 14.7 Å². The van der Waals surface area contributed by atoms with E-state index in [0.717, 1.165) is 38.8 Å². The van der Waals surface area contributed by atoms with Crippen LogP contribution in [-0.4, -0.2) is 54.7 Å². The molecule has 0 bridgehead atoms. The summed E-state index contributed by atoms with van der Waals surface area (Å²) in [5.41, 5.74) is 3.80. The molecule has 0 spiro atoms. The van der Waals surface area contributed by atoms with Crippen LogP contribution < -0.4 is 10.6 Å². The molecule has 4 saturated carbocycles. The molecule has 0 aromatic heterocycles. The molecule has 9 atom stereocenters. The van der Waals surface area contributed by atoms with E-state index in [0.29, 0.717) is 46.0 Å². The van der Waals surface area contributed by atoms with Crippen LogP contribution in [-0.2, 0) is 0 Å². The largest absolute Gasteiger partial charge is 0.478 e. The fourth-order valence-electron chi connectivity index (χ4n) is 12.1. The number of nitrogens with zero attached hydrogens (tertiary/aromatic N) is 1. The number of carbonyl (C=O) groups excluding carboxylic acids is 1. The Hall–Kier alpha value is -2.34. The van der Waals surface area contributed by atoms with E-state index >= 15 is 0 Å². The van der Waals surface area contributed by atoms with Crippen LogP contribution in [0.25, 0.3) is 5.57 Å². The van der Waals surface area contributed by atoms with Crippen LogP contribution in [0.2, 0.25) is 0 Å². The Morgan fingerprint density at radius 3 is 2.36 bits per heavy atom. The standard InChI is InChI=1S/C38H57N3O3/c1-25-28(26-10-12-27(13-11-26)33(42)43)16-19-35(2)29(25)17-20-37(4)32(35)15-14-30-31-9-7-18-38(31,22-21-36(30,37)3)40-34(44)39-23-8-24-41(5)6/h10-13,16,25,29-32H,7-9,14-15,17-24H2,1-6H3,(H,42,43)(H2,39,40,44)/t25?,29?,30-,31?,32?,35?,36-,37?,38+/m1/s1. The van der Waals surface area contributed by atoms with Gasteiger partial charge in [0.05, 0.1) is 5.56 Å². The summed E-state index contributed by atoms with van der Waals surface area (Å²) in [6, 6.07) is 7.59. The normalized spacial score (nSPS) is 41.1. The minimum absolute atomic E-state index is 0.0344. The van der Waals surface area contributed by atoms with E-state index < -0.39 is 5.97 Å². The van der Waals surface area contributed by atoms with Crippen molar-refractivity contribution in [2.45, 2.75) is 104 Å². The van der Waals surface area contributed by atoms with Gasteiger partial charge in [-0.25, -0.2) is 9.59 Å². The van der Waals surface area contributed by atoms with Crippen LogP contribution in [0.4, 0.5) is 4.79 Å². The van der Waals surface area contributed by atoms with Crippen LogP contribution in [0.3, 0.4) is 0 Å². The molecule has 6 rings (SSSR count). The maximum Gasteiger partial charge on any atom is 0.335 e. The summed E-state index contributed by atoms with van der Waals surface area (Å²) in [5, 5.41) is 16.2. The van der Waals surface area contributed by atoms with Gasteiger partial charge >= 0.3 is 12.0 Å². The first-order valence-electron chi connectivity index (χ1n) is 17.6. The van der Waals surface area contributed by atoms with E-state index in [9.17, 15) is 14.7 Å². The van der Waals surface area contributed by atoms with Gasteiger partial charge in [-0.3, -0.25) is 0 Å². The van der Waals surface area contributed by atoms with Gasteiger partial charge in [0.1, 0.15) is 0 Å². The molecule has 3 N–H and O–H groups in total. The number of carbonyl (C=O) groups is 2. The maximum atomic E-state index is 13.2. The van der Waals surface area contributed by atoms with Crippen molar-refractivity contribution in [1.82, 2.24) is 15.5 Å². The predicted molar refractivity (Wildman–Crippen MR) is 177 cm³/mol. The van der Waals surface area contributed by atoms with Crippen molar-refractivity contribution in [3.63, 3.8) is 0 Å². The number of hydrogen-bond acceptors (Lipinski definition) is 3. The Balaban J connectivity index is 1.21. The van der Waals surface area contributed by atoms with Gasteiger partial charge in [-0.05, 0) is 154 Å². The van der Waals surface area contributed by atoms with Gasteiger partial charge in [-0.1, -0.05) is 52.3 Å². The van der Waals surface area contributed by atoms with Crippen LogP contribution >= 0.6 is 0 Å². The van der Waals surface area contributed by atoms with E-state index in [4.69, 9.17) is 0 Å². The SMILES string of the molecule is CC1C(c2ccc(C(=O)O)cc2)=CCC2(C)C1CCC1(C)C2CC[C@@H]2C3CCC[C@]3(NC(=O)NCCCN(C)C)CC[C@]21C. The van der Waals surface area contributed by atoms with Gasteiger partial charge < -0.3 is 20.6 Å². The highest BCUT2D eigenvalue weighted by Crippen LogP contribution is 2.75. The maximum absolute atomic E-state index is 13.2. The van der Waals surface area contributed by atoms with E-state index in [-0.39, 0.29) is 17.0 Å². The quantitative estimate of drug-likeness (QED) is 0.277. The second-order valence-electron chi connectivity index (χ2n) is 16.4. The zero-order valence-corrected chi connectivity index (χ0v) is 28.2. The van der Waals surface area contributed by atoms with Crippen molar-refractivity contribution >= 4 is 17.6 Å². The lowest BCUT2D eigenvalue weighted by Gasteiger charge is -2.71. The Labute approximate surface area is 265 Å². The van der Waals surface area contributed by atoms with Gasteiger partial charge in [0.25, 0.3) is 0 Å². The van der Waals surface area contributed by atoms with Gasteiger partial charge in [0.2, 0.25) is 0 Å². The molecule has 6 unspecified atom stereocenters. The summed E-state index contributed by atoms with van der Waals surface area (Å²) >= 11 is 0. The number of nitrogens with one attached hydrogen (secondary N) is 2. The third-order valence-corrected chi connectivity index (χ3v) is 14.5. The summed E-state index contributed by atoms with van der Waals surface area (Å²) in [5.74, 6) is 2.21. The first kappa shape index (κ1) is 31.6. The second-order valence-corrected chi connectivity index (χ2v) is 16.4. The average Bonchev–Trinajstić information content (AvgIpc) is 3.39. The number of rotatable bonds is 7. The summed E-state index contributed by atoms with van der Waals surface area (Å²) in [4.78, 5) is 26.8. The molecule has 242 valence electrons. The molecule has 0 radical (unpaired) electrons. The van der Waals surface area contributed by atoms with Gasteiger partial charge in [0, 0.05) is 12.1 Å². The number of allylic oxidation sites excluding steroid dienone is 2.